The smallest absolute Gasteiger partial charge is 0.235 e. The molecular weight excluding hydrogens is 745 g/mol. The van der Waals surface area contributed by atoms with Crippen LogP contribution in [0.15, 0.2) is 206 Å². The largest absolute Gasteiger partial charge is 0.456 e. The molecule has 12 aromatic rings. The van der Waals surface area contributed by atoms with Crippen LogP contribution in [0.5, 0.6) is 11.5 Å². The number of hydrogen-bond donors (Lipinski definition) is 0. The fraction of sp³-hybridized carbons (Fsp3) is 0. The Kier molecular flexibility index (Phi) is 7.24. The molecule has 4 heterocycles. The average molecular weight is 779 g/mol. The molecule has 0 saturated carbocycles. The molecule has 1 aliphatic rings. The van der Waals surface area contributed by atoms with Crippen molar-refractivity contribution in [3.63, 3.8) is 0 Å². The Morgan fingerprint density at radius 2 is 0.951 bits per heavy atom. The molecule has 0 fully saturated rings. The van der Waals surface area contributed by atoms with Crippen LogP contribution >= 0.6 is 0 Å². The highest BCUT2D eigenvalue weighted by Crippen LogP contribution is 2.50. The summed E-state index contributed by atoms with van der Waals surface area (Å²) in [4.78, 5) is 10.5. The van der Waals surface area contributed by atoms with Gasteiger partial charge in [0.25, 0.3) is 0 Å². The Hall–Kier alpha value is -8.28. The fourth-order valence-electron chi connectivity index (χ4n) is 9.60. The van der Waals surface area contributed by atoms with E-state index >= 15 is 0 Å². The number of rotatable bonds is 5. The van der Waals surface area contributed by atoms with Crippen molar-refractivity contribution in [2.45, 2.75) is 0 Å². The molecule has 0 aliphatic carbocycles. The molecular formula is C56H34N4O. The Bertz CT molecular complexity index is 3660. The summed E-state index contributed by atoms with van der Waals surface area (Å²) in [6, 6.07) is 73.0. The summed E-state index contributed by atoms with van der Waals surface area (Å²) in [6.07, 6.45) is 0. The normalized spacial score (nSPS) is 12.1. The van der Waals surface area contributed by atoms with Gasteiger partial charge in [0.2, 0.25) is 5.95 Å². The van der Waals surface area contributed by atoms with Gasteiger partial charge in [-0.1, -0.05) is 152 Å². The van der Waals surface area contributed by atoms with Gasteiger partial charge in [-0.3, -0.25) is 4.57 Å². The first-order valence-electron chi connectivity index (χ1n) is 20.7. The van der Waals surface area contributed by atoms with Crippen LogP contribution in [0.4, 0.5) is 0 Å². The summed E-state index contributed by atoms with van der Waals surface area (Å²) in [5.41, 5.74) is 13.9. The lowest BCUT2D eigenvalue weighted by atomic mass is 9.92. The molecule has 13 rings (SSSR count). The van der Waals surface area contributed by atoms with Crippen LogP contribution in [0.3, 0.4) is 0 Å². The minimum atomic E-state index is 0.638. The van der Waals surface area contributed by atoms with Crippen LogP contribution in [0.25, 0.3) is 111 Å². The van der Waals surface area contributed by atoms with Crippen molar-refractivity contribution in [3.8, 4) is 67.9 Å². The van der Waals surface area contributed by atoms with Crippen LogP contribution < -0.4 is 4.74 Å². The van der Waals surface area contributed by atoms with E-state index in [9.17, 15) is 0 Å². The molecule has 0 unspecified atom stereocenters. The highest BCUT2D eigenvalue weighted by Gasteiger charge is 2.25. The van der Waals surface area contributed by atoms with Gasteiger partial charge in [0.1, 0.15) is 11.5 Å². The van der Waals surface area contributed by atoms with Gasteiger partial charge in [0, 0.05) is 55.4 Å². The zero-order valence-electron chi connectivity index (χ0n) is 32.8. The zero-order valence-corrected chi connectivity index (χ0v) is 32.8. The molecule has 0 bridgehead atoms. The van der Waals surface area contributed by atoms with E-state index in [1.54, 1.807) is 0 Å². The highest BCUT2D eigenvalue weighted by molar-refractivity contribution is 6.25. The number of aromatic nitrogens is 4. The minimum Gasteiger partial charge on any atom is -0.456 e. The number of benzene rings is 9. The number of hydrogen-bond acceptors (Lipinski definition) is 3. The summed E-state index contributed by atoms with van der Waals surface area (Å²) < 4.78 is 11.3. The van der Waals surface area contributed by atoms with Gasteiger partial charge in [-0.05, 0) is 70.6 Å². The molecule has 0 radical (unpaired) electrons. The molecule has 3 aromatic heterocycles. The molecule has 1 aliphatic heterocycles. The van der Waals surface area contributed by atoms with E-state index in [0.717, 1.165) is 94.6 Å². The second-order valence-corrected chi connectivity index (χ2v) is 15.8. The molecule has 284 valence electrons. The summed E-state index contributed by atoms with van der Waals surface area (Å²) >= 11 is 0. The van der Waals surface area contributed by atoms with Gasteiger partial charge in [0.15, 0.2) is 0 Å². The van der Waals surface area contributed by atoms with E-state index in [0.29, 0.717) is 5.95 Å². The van der Waals surface area contributed by atoms with Crippen molar-refractivity contribution < 1.29 is 4.74 Å². The number of para-hydroxylation sites is 3. The first kappa shape index (κ1) is 33.7. The predicted molar refractivity (Wildman–Crippen MR) is 250 cm³/mol. The highest BCUT2D eigenvalue weighted by atomic mass is 16.5. The van der Waals surface area contributed by atoms with Gasteiger partial charge in [0.05, 0.1) is 33.5 Å². The first-order chi connectivity index (χ1) is 30.2. The van der Waals surface area contributed by atoms with Gasteiger partial charge in [-0.2, -0.15) is 0 Å². The van der Waals surface area contributed by atoms with E-state index in [2.05, 4.69) is 197 Å². The zero-order chi connectivity index (χ0) is 40.0. The lowest BCUT2D eigenvalue weighted by Gasteiger charge is -2.22. The average Bonchev–Trinajstić information content (AvgIpc) is 3.84. The van der Waals surface area contributed by atoms with Gasteiger partial charge in [-0.25, -0.2) is 9.97 Å². The lowest BCUT2D eigenvalue weighted by Crippen LogP contribution is -2.03. The van der Waals surface area contributed by atoms with E-state index in [1.165, 1.54) is 21.7 Å². The quantitative estimate of drug-likeness (QED) is 0.175. The third kappa shape index (κ3) is 5.14. The molecule has 0 spiro atoms. The molecule has 61 heavy (non-hydrogen) atoms. The first-order valence-corrected chi connectivity index (χ1v) is 20.7. The molecule has 0 N–H and O–H groups in total. The van der Waals surface area contributed by atoms with Crippen molar-refractivity contribution in [3.05, 3.63) is 206 Å². The second kappa shape index (κ2) is 13.1. The van der Waals surface area contributed by atoms with Gasteiger partial charge < -0.3 is 9.30 Å². The SMILES string of the molecule is c1ccc(-c2cc(-c3ccccc3)nc(-n3c4ccccc4c4cc(-c5ccc6c7c8cccc9c8c(cc7n(-c7ccccc7)c6c5)Oc5ccccc5-9)ccc43)n2)cc1. The maximum Gasteiger partial charge on any atom is 0.235 e. The fourth-order valence-corrected chi connectivity index (χ4v) is 9.60. The van der Waals surface area contributed by atoms with Crippen LogP contribution in [0.1, 0.15) is 0 Å². The number of fused-ring (bicyclic) bond motifs is 9. The third-order valence-electron chi connectivity index (χ3n) is 12.3. The van der Waals surface area contributed by atoms with Crippen molar-refractivity contribution in [1.29, 1.82) is 0 Å². The molecule has 9 aromatic carbocycles. The minimum absolute atomic E-state index is 0.638. The monoisotopic (exact) mass is 778 g/mol. The van der Waals surface area contributed by atoms with Crippen molar-refractivity contribution >= 4 is 54.4 Å². The van der Waals surface area contributed by atoms with Crippen LogP contribution in [-0.4, -0.2) is 19.1 Å². The summed E-state index contributed by atoms with van der Waals surface area (Å²) in [5, 5.41) is 7.06. The Balaban J connectivity index is 1.03. The Labute approximate surface area is 351 Å². The maximum atomic E-state index is 6.68. The standard InChI is InChI=1S/C56H34N4O/c1-4-15-35(16-5-1)46-33-47(36-17-6-2-7-18-36)58-56(57-46)60-48-25-12-10-21-40(48)45-31-37(28-30-49(45)60)38-27-29-43-50(32-38)59(39-19-8-3-9-20-39)51-34-53-55-42(23-14-24-44(55)54(43)51)41-22-11-13-26-52(41)61-53/h1-34H. The predicted octanol–water partition coefficient (Wildman–Crippen LogP) is 14.6. The molecule has 0 atom stereocenters. The van der Waals surface area contributed by atoms with Gasteiger partial charge in [-0.15, -0.1) is 0 Å². The number of ether oxygens (including phenoxy) is 1. The summed E-state index contributed by atoms with van der Waals surface area (Å²) in [6.45, 7) is 0. The van der Waals surface area contributed by atoms with Gasteiger partial charge >= 0.3 is 0 Å². The molecule has 0 saturated heterocycles. The Morgan fingerprint density at radius 3 is 1.74 bits per heavy atom. The van der Waals surface area contributed by atoms with E-state index < -0.39 is 0 Å². The van der Waals surface area contributed by atoms with Crippen LogP contribution in [0.2, 0.25) is 0 Å². The third-order valence-corrected chi connectivity index (χ3v) is 12.3. The van der Waals surface area contributed by atoms with E-state index in [-0.39, 0.29) is 0 Å². The van der Waals surface area contributed by atoms with Crippen LogP contribution in [-0.2, 0) is 0 Å². The summed E-state index contributed by atoms with van der Waals surface area (Å²) in [7, 11) is 0. The molecule has 5 nitrogen and oxygen atoms in total. The second-order valence-electron chi connectivity index (χ2n) is 15.8. The lowest BCUT2D eigenvalue weighted by molar-refractivity contribution is 0.487. The maximum absolute atomic E-state index is 6.68. The number of nitrogens with zero attached hydrogens (tertiary/aromatic N) is 4. The molecule has 0 amide bonds. The van der Waals surface area contributed by atoms with Crippen molar-refractivity contribution in [2.24, 2.45) is 0 Å². The van der Waals surface area contributed by atoms with Crippen molar-refractivity contribution in [2.75, 3.05) is 0 Å². The van der Waals surface area contributed by atoms with E-state index in [4.69, 9.17) is 14.7 Å². The molecule has 5 heteroatoms. The Morgan fingerprint density at radius 1 is 0.328 bits per heavy atom. The topological polar surface area (TPSA) is 44.9 Å². The van der Waals surface area contributed by atoms with Crippen LogP contribution in [0, 0.1) is 0 Å². The summed E-state index contributed by atoms with van der Waals surface area (Å²) in [5.74, 6) is 2.40. The van der Waals surface area contributed by atoms with Crippen molar-refractivity contribution in [1.82, 2.24) is 19.1 Å². The van der Waals surface area contributed by atoms with E-state index in [1.807, 2.05) is 18.2 Å².